The van der Waals surface area contributed by atoms with Crippen molar-refractivity contribution in [2.45, 2.75) is 26.0 Å². The van der Waals surface area contributed by atoms with E-state index in [1.807, 2.05) is 30.3 Å². The second-order valence-electron chi connectivity index (χ2n) is 6.15. The topological polar surface area (TPSA) is 90.5 Å². The van der Waals surface area contributed by atoms with Gasteiger partial charge in [-0.3, -0.25) is 14.8 Å². The first-order chi connectivity index (χ1) is 12.1. The number of aromatic nitrogens is 2. The quantitative estimate of drug-likeness (QED) is 0.614. The van der Waals surface area contributed by atoms with Crippen LogP contribution >= 0.6 is 0 Å². The number of hydrogen-bond acceptors (Lipinski definition) is 5. The molecular weight excluding hydrogens is 324 g/mol. The number of carbonyl (C=O) groups excluding carboxylic acids is 1. The number of amides is 1. The molecule has 25 heavy (non-hydrogen) atoms. The van der Waals surface area contributed by atoms with Crippen LogP contribution in [0, 0.1) is 16.0 Å². The van der Waals surface area contributed by atoms with Gasteiger partial charge in [-0.15, -0.1) is 0 Å². The number of carbonyl (C=O) groups is 1. The van der Waals surface area contributed by atoms with Crippen molar-refractivity contribution in [3.8, 4) is 0 Å². The molecule has 132 valence electrons. The van der Waals surface area contributed by atoms with E-state index < -0.39 is 4.92 Å². The summed E-state index contributed by atoms with van der Waals surface area (Å²) < 4.78 is 6.95. The number of piperidine rings is 1. The number of nitrogens with zero attached hydrogens (tertiary/aromatic N) is 4. The van der Waals surface area contributed by atoms with Gasteiger partial charge in [0.05, 0.1) is 4.92 Å². The van der Waals surface area contributed by atoms with Gasteiger partial charge < -0.3 is 9.64 Å². The Bertz CT molecular complexity index is 723. The zero-order valence-electron chi connectivity index (χ0n) is 13.8. The first-order valence-corrected chi connectivity index (χ1v) is 8.24. The minimum atomic E-state index is -0.450. The highest BCUT2D eigenvalue weighted by Gasteiger charge is 2.24. The first kappa shape index (κ1) is 16.9. The molecule has 8 nitrogen and oxygen atoms in total. The Morgan fingerprint density at radius 3 is 2.64 bits per heavy atom. The lowest BCUT2D eigenvalue weighted by atomic mass is 9.97. The molecule has 0 unspecified atom stereocenters. The van der Waals surface area contributed by atoms with E-state index in [1.54, 1.807) is 9.58 Å². The summed E-state index contributed by atoms with van der Waals surface area (Å²) in [4.78, 5) is 24.1. The van der Waals surface area contributed by atoms with Crippen molar-refractivity contribution in [2.24, 2.45) is 5.92 Å². The van der Waals surface area contributed by atoms with Crippen molar-refractivity contribution in [1.29, 1.82) is 0 Å². The number of rotatable bonds is 5. The van der Waals surface area contributed by atoms with E-state index in [9.17, 15) is 14.9 Å². The highest BCUT2D eigenvalue weighted by molar-refractivity contribution is 5.67. The normalized spacial score (nSPS) is 15.1. The maximum absolute atomic E-state index is 12.1. The standard InChI is InChI=1S/C17H20N4O4/c22-17(25-13-15-4-2-1-3-5-15)19-8-6-14(7-9-19)11-20-12-16(10-18-20)21(23)24/h1-5,10,12,14H,6-9,11,13H2. The number of ether oxygens (including phenoxy) is 1. The Balaban J connectivity index is 1.43. The van der Waals surface area contributed by atoms with Gasteiger partial charge in [-0.1, -0.05) is 30.3 Å². The zero-order chi connectivity index (χ0) is 17.6. The average Bonchev–Trinajstić information content (AvgIpc) is 3.10. The van der Waals surface area contributed by atoms with Crippen LogP contribution in [-0.4, -0.2) is 38.8 Å². The maximum Gasteiger partial charge on any atom is 0.410 e. The van der Waals surface area contributed by atoms with Crippen molar-refractivity contribution in [3.05, 3.63) is 58.4 Å². The SMILES string of the molecule is O=C(OCc1ccccc1)N1CCC(Cn2cc([N+](=O)[O-])cn2)CC1. The van der Waals surface area contributed by atoms with Crippen molar-refractivity contribution in [3.63, 3.8) is 0 Å². The molecular formula is C17H20N4O4. The van der Waals surface area contributed by atoms with Gasteiger partial charge in [0.2, 0.25) is 0 Å². The summed E-state index contributed by atoms with van der Waals surface area (Å²) >= 11 is 0. The molecule has 1 fully saturated rings. The molecule has 0 aliphatic carbocycles. The molecule has 0 spiro atoms. The first-order valence-electron chi connectivity index (χ1n) is 8.24. The van der Waals surface area contributed by atoms with E-state index in [0.717, 1.165) is 18.4 Å². The van der Waals surface area contributed by atoms with E-state index in [1.165, 1.54) is 12.4 Å². The van der Waals surface area contributed by atoms with Gasteiger partial charge >= 0.3 is 11.8 Å². The van der Waals surface area contributed by atoms with Gasteiger partial charge in [0.1, 0.15) is 19.0 Å². The summed E-state index contributed by atoms with van der Waals surface area (Å²) in [7, 11) is 0. The third kappa shape index (κ3) is 4.56. The summed E-state index contributed by atoms with van der Waals surface area (Å²) in [5.74, 6) is 0.345. The summed E-state index contributed by atoms with van der Waals surface area (Å²) in [6, 6.07) is 9.58. The highest BCUT2D eigenvalue weighted by Crippen LogP contribution is 2.20. The Kier molecular flexibility index (Phi) is 5.27. The Labute approximate surface area is 145 Å². The molecule has 1 aromatic heterocycles. The second-order valence-corrected chi connectivity index (χ2v) is 6.15. The van der Waals surface area contributed by atoms with Gasteiger partial charge in [-0.05, 0) is 24.3 Å². The monoisotopic (exact) mass is 344 g/mol. The lowest BCUT2D eigenvalue weighted by Crippen LogP contribution is -2.39. The van der Waals surface area contributed by atoms with Crippen LogP contribution in [0.25, 0.3) is 0 Å². The lowest BCUT2D eigenvalue weighted by molar-refractivity contribution is -0.385. The fourth-order valence-electron chi connectivity index (χ4n) is 2.92. The maximum atomic E-state index is 12.1. The van der Waals surface area contributed by atoms with Gasteiger partial charge in [0.25, 0.3) is 0 Å². The van der Waals surface area contributed by atoms with Crippen molar-refractivity contribution < 1.29 is 14.5 Å². The smallest absolute Gasteiger partial charge is 0.410 e. The molecule has 2 aromatic rings. The summed E-state index contributed by atoms with van der Waals surface area (Å²) in [6.45, 7) is 2.15. The number of benzene rings is 1. The Morgan fingerprint density at radius 1 is 1.28 bits per heavy atom. The lowest BCUT2D eigenvalue weighted by Gasteiger charge is -2.31. The molecule has 2 heterocycles. The van der Waals surface area contributed by atoms with Crippen molar-refractivity contribution in [2.75, 3.05) is 13.1 Å². The second kappa shape index (κ2) is 7.78. The summed E-state index contributed by atoms with van der Waals surface area (Å²) in [5.41, 5.74) is 0.966. The minimum Gasteiger partial charge on any atom is -0.445 e. The molecule has 3 rings (SSSR count). The third-order valence-corrected chi connectivity index (χ3v) is 4.35. The largest absolute Gasteiger partial charge is 0.445 e. The fraction of sp³-hybridized carbons (Fsp3) is 0.412. The van der Waals surface area contributed by atoms with Crippen LogP contribution in [0.2, 0.25) is 0 Å². The molecule has 1 saturated heterocycles. The van der Waals surface area contributed by atoms with Crippen LogP contribution in [0.4, 0.5) is 10.5 Å². The fourth-order valence-corrected chi connectivity index (χ4v) is 2.92. The van der Waals surface area contributed by atoms with Gasteiger partial charge in [0.15, 0.2) is 0 Å². The number of nitro groups is 1. The molecule has 0 N–H and O–H groups in total. The summed E-state index contributed by atoms with van der Waals surface area (Å²) in [6.07, 6.45) is 4.07. The van der Waals surface area contributed by atoms with Gasteiger partial charge in [-0.2, -0.15) is 5.10 Å². The molecule has 0 bridgehead atoms. The van der Waals surface area contributed by atoms with E-state index in [0.29, 0.717) is 25.6 Å². The summed E-state index contributed by atoms with van der Waals surface area (Å²) in [5, 5.41) is 14.7. The Morgan fingerprint density at radius 2 is 2.00 bits per heavy atom. The van der Waals surface area contributed by atoms with Gasteiger partial charge in [0, 0.05) is 19.6 Å². The molecule has 0 saturated carbocycles. The predicted molar refractivity (Wildman–Crippen MR) is 89.8 cm³/mol. The van der Waals surface area contributed by atoms with Gasteiger partial charge in [-0.25, -0.2) is 4.79 Å². The zero-order valence-corrected chi connectivity index (χ0v) is 13.8. The van der Waals surface area contributed by atoms with E-state index >= 15 is 0 Å². The van der Waals surface area contributed by atoms with Crippen LogP contribution < -0.4 is 0 Å². The van der Waals surface area contributed by atoms with Crippen molar-refractivity contribution >= 4 is 11.8 Å². The highest BCUT2D eigenvalue weighted by atomic mass is 16.6. The van der Waals surface area contributed by atoms with Crippen LogP contribution in [0.5, 0.6) is 0 Å². The molecule has 8 heteroatoms. The van der Waals surface area contributed by atoms with E-state index in [2.05, 4.69) is 5.10 Å². The van der Waals surface area contributed by atoms with E-state index in [-0.39, 0.29) is 18.4 Å². The molecule has 1 amide bonds. The van der Waals surface area contributed by atoms with Crippen molar-refractivity contribution in [1.82, 2.24) is 14.7 Å². The molecule has 1 aliphatic rings. The average molecular weight is 344 g/mol. The molecule has 0 radical (unpaired) electrons. The number of likely N-dealkylation sites (tertiary alicyclic amines) is 1. The van der Waals surface area contributed by atoms with E-state index in [4.69, 9.17) is 4.74 Å². The Hall–Kier alpha value is -2.90. The molecule has 0 atom stereocenters. The van der Waals surface area contributed by atoms with Crippen LogP contribution in [-0.2, 0) is 17.9 Å². The number of hydrogen-bond donors (Lipinski definition) is 0. The third-order valence-electron chi connectivity index (χ3n) is 4.35. The minimum absolute atomic E-state index is 0.00178. The molecule has 1 aromatic carbocycles. The van der Waals surface area contributed by atoms with Crippen LogP contribution in [0.3, 0.4) is 0 Å². The predicted octanol–water partition coefficient (Wildman–Crippen LogP) is 2.84. The van der Waals surface area contributed by atoms with Crippen LogP contribution in [0.1, 0.15) is 18.4 Å². The molecule has 1 aliphatic heterocycles. The van der Waals surface area contributed by atoms with Crippen LogP contribution in [0.15, 0.2) is 42.7 Å².